The average molecular weight is 289 g/mol. The van der Waals surface area contributed by atoms with Crippen LogP contribution in [0.15, 0.2) is 16.6 Å². The second-order valence-corrected chi connectivity index (χ2v) is 4.06. The summed E-state index contributed by atoms with van der Waals surface area (Å²) in [5.41, 5.74) is 0.833. The molecule has 88 valence electrons. The maximum Gasteiger partial charge on any atom is 0.188 e. The molecule has 0 atom stereocenters. The van der Waals surface area contributed by atoms with E-state index < -0.39 is 0 Å². The number of ether oxygens (including phenoxy) is 4. The molecule has 1 aliphatic heterocycles. The zero-order chi connectivity index (χ0) is 11.5. The largest absolute Gasteiger partial charge is 0.496 e. The highest BCUT2D eigenvalue weighted by Gasteiger charge is 2.26. The highest BCUT2D eigenvalue weighted by atomic mass is 79.9. The molecule has 0 radical (unpaired) electrons. The van der Waals surface area contributed by atoms with E-state index in [0.29, 0.717) is 13.2 Å². The summed E-state index contributed by atoms with van der Waals surface area (Å²) >= 11 is 3.48. The molecule has 1 aliphatic rings. The van der Waals surface area contributed by atoms with Gasteiger partial charge in [0.25, 0.3) is 0 Å². The normalized spacial score (nSPS) is 16.4. The van der Waals surface area contributed by atoms with E-state index in [0.717, 1.165) is 21.5 Å². The average Bonchev–Trinajstić information content (AvgIpc) is 2.81. The van der Waals surface area contributed by atoms with Crippen molar-refractivity contribution < 1.29 is 18.9 Å². The molecule has 1 aromatic carbocycles. The third-order valence-corrected chi connectivity index (χ3v) is 3.22. The fourth-order valence-corrected chi connectivity index (χ4v) is 2.31. The van der Waals surface area contributed by atoms with Crippen molar-refractivity contribution in [1.82, 2.24) is 0 Å². The van der Waals surface area contributed by atoms with Gasteiger partial charge in [0.15, 0.2) is 6.29 Å². The minimum atomic E-state index is -0.389. The molecular weight excluding hydrogens is 276 g/mol. The Morgan fingerprint density at radius 2 is 1.69 bits per heavy atom. The maximum absolute atomic E-state index is 5.47. The first-order valence-corrected chi connectivity index (χ1v) is 5.70. The molecule has 0 unspecified atom stereocenters. The van der Waals surface area contributed by atoms with Crippen LogP contribution in [0.2, 0.25) is 0 Å². The molecule has 0 bridgehead atoms. The molecule has 1 heterocycles. The van der Waals surface area contributed by atoms with Crippen LogP contribution in [0.5, 0.6) is 11.5 Å². The summed E-state index contributed by atoms with van der Waals surface area (Å²) in [6.07, 6.45) is -0.389. The standard InChI is InChI=1S/C11H13BrO4/c1-13-7-3-4-8(14-2)10(12)9(7)11-15-5-6-16-11/h3-4,11H,5-6H2,1-2H3. The van der Waals surface area contributed by atoms with Crippen molar-refractivity contribution >= 4 is 15.9 Å². The highest BCUT2D eigenvalue weighted by molar-refractivity contribution is 9.10. The fourth-order valence-electron chi connectivity index (χ4n) is 1.64. The molecule has 5 heteroatoms. The van der Waals surface area contributed by atoms with Gasteiger partial charge in [0.2, 0.25) is 0 Å². The minimum Gasteiger partial charge on any atom is -0.496 e. The fraction of sp³-hybridized carbons (Fsp3) is 0.455. The van der Waals surface area contributed by atoms with Crippen molar-refractivity contribution in [3.63, 3.8) is 0 Å². The molecule has 16 heavy (non-hydrogen) atoms. The summed E-state index contributed by atoms with van der Waals surface area (Å²) in [6.45, 7) is 1.19. The predicted molar refractivity (Wildman–Crippen MR) is 61.9 cm³/mol. The summed E-state index contributed by atoms with van der Waals surface area (Å²) in [7, 11) is 3.24. The number of benzene rings is 1. The summed E-state index contributed by atoms with van der Waals surface area (Å²) < 4.78 is 22.3. The van der Waals surface area contributed by atoms with E-state index in [1.165, 1.54) is 0 Å². The minimum absolute atomic E-state index is 0.389. The van der Waals surface area contributed by atoms with Gasteiger partial charge in [0, 0.05) is 0 Å². The topological polar surface area (TPSA) is 36.9 Å². The van der Waals surface area contributed by atoms with Crippen LogP contribution in [0, 0.1) is 0 Å². The van der Waals surface area contributed by atoms with Crippen molar-refractivity contribution in [3.05, 3.63) is 22.2 Å². The van der Waals surface area contributed by atoms with Crippen molar-refractivity contribution in [3.8, 4) is 11.5 Å². The van der Waals surface area contributed by atoms with Gasteiger partial charge in [-0.25, -0.2) is 0 Å². The van der Waals surface area contributed by atoms with E-state index in [2.05, 4.69) is 15.9 Å². The molecule has 1 aromatic rings. The summed E-state index contributed by atoms with van der Waals surface area (Å²) in [4.78, 5) is 0. The molecule has 2 rings (SSSR count). The van der Waals surface area contributed by atoms with Crippen molar-refractivity contribution in [2.75, 3.05) is 27.4 Å². The molecule has 0 N–H and O–H groups in total. The summed E-state index contributed by atoms with van der Waals surface area (Å²) in [5.74, 6) is 1.45. The van der Waals surface area contributed by atoms with Gasteiger partial charge in [0.05, 0.1) is 37.5 Å². The van der Waals surface area contributed by atoms with E-state index in [1.807, 2.05) is 12.1 Å². The van der Waals surface area contributed by atoms with E-state index in [1.54, 1.807) is 14.2 Å². The molecule has 0 spiro atoms. The Hall–Kier alpha value is -0.780. The molecule has 1 fully saturated rings. The lowest BCUT2D eigenvalue weighted by molar-refractivity contribution is -0.0461. The van der Waals surface area contributed by atoms with Gasteiger partial charge in [-0.3, -0.25) is 0 Å². The monoisotopic (exact) mass is 288 g/mol. The van der Waals surface area contributed by atoms with Gasteiger partial charge in [-0.15, -0.1) is 0 Å². The molecule has 0 aliphatic carbocycles. The van der Waals surface area contributed by atoms with Gasteiger partial charge in [0.1, 0.15) is 11.5 Å². The van der Waals surface area contributed by atoms with Gasteiger partial charge < -0.3 is 18.9 Å². The first kappa shape index (κ1) is 11.7. The number of hydrogen-bond donors (Lipinski definition) is 0. The Morgan fingerprint density at radius 3 is 2.25 bits per heavy atom. The van der Waals surface area contributed by atoms with Gasteiger partial charge >= 0.3 is 0 Å². The van der Waals surface area contributed by atoms with Crippen molar-refractivity contribution in [2.45, 2.75) is 6.29 Å². The van der Waals surface area contributed by atoms with E-state index in [-0.39, 0.29) is 6.29 Å². The smallest absolute Gasteiger partial charge is 0.188 e. The van der Waals surface area contributed by atoms with Crippen molar-refractivity contribution in [2.24, 2.45) is 0 Å². The number of hydrogen-bond acceptors (Lipinski definition) is 4. The van der Waals surface area contributed by atoms with Crippen LogP contribution in [-0.2, 0) is 9.47 Å². The molecule has 0 aromatic heterocycles. The highest BCUT2D eigenvalue weighted by Crippen LogP contribution is 2.41. The van der Waals surface area contributed by atoms with Crippen LogP contribution < -0.4 is 9.47 Å². The van der Waals surface area contributed by atoms with Crippen LogP contribution in [0.1, 0.15) is 11.9 Å². The Kier molecular flexibility index (Phi) is 3.68. The SMILES string of the molecule is COc1ccc(OC)c(C2OCCO2)c1Br. The molecule has 1 saturated heterocycles. The van der Waals surface area contributed by atoms with E-state index in [4.69, 9.17) is 18.9 Å². The molecular formula is C11H13BrO4. The van der Waals surface area contributed by atoms with Crippen molar-refractivity contribution in [1.29, 1.82) is 0 Å². The Balaban J connectivity index is 2.45. The lowest BCUT2D eigenvalue weighted by Crippen LogP contribution is -2.03. The first-order chi connectivity index (χ1) is 7.77. The Morgan fingerprint density at radius 1 is 1.12 bits per heavy atom. The van der Waals surface area contributed by atoms with Gasteiger partial charge in [-0.1, -0.05) is 0 Å². The van der Waals surface area contributed by atoms with Crippen LogP contribution in [0.4, 0.5) is 0 Å². The lowest BCUT2D eigenvalue weighted by atomic mass is 10.2. The van der Waals surface area contributed by atoms with Crippen LogP contribution in [0.25, 0.3) is 0 Å². The second kappa shape index (κ2) is 5.03. The summed E-state index contributed by atoms with van der Waals surface area (Å²) in [5, 5.41) is 0. The van der Waals surface area contributed by atoms with Gasteiger partial charge in [-0.05, 0) is 28.1 Å². The first-order valence-electron chi connectivity index (χ1n) is 4.91. The zero-order valence-corrected chi connectivity index (χ0v) is 10.7. The Bertz CT molecular complexity index is 374. The number of methoxy groups -OCH3 is 2. The van der Waals surface area contributed by atoms with E-state index >= 15 is 0 Å². The predicted octanol–water partition coefficient (Wildman–Crippen LogP) is 2.51. The maximum atomic E-state index is 5.47. The quantitative estimate of drug-likeness (QED) is 0.856. The second-order valence-electron chi connectivity index (χ2n) is 3.27. The Labute approximate surface area is 103 Å². The zero-order valence-electron chi connectivity index (χ0n) is 9.16. The van der Waals surface area contributed by atoms with Crippen LogP contribution in [0.3, 0.4) is 0 Å². The molecule has 0 amide bonds. The molecule has 0 saturated carbocycles. The lowest BCUT2D eigenvalue weighted by Gasteiger charge is -2.17. The van der Waals surface area contributed by atoms with Gasteiger partial charge in [-0.2, -0.15) is 0 Å². The van der Waals surface area contributed by atoms with Crippen LogP contribution >= 0.6 is 15.9 Å². The van der Waals surface area contributed by atoms with Crippen LogP contribution in [-0.4, -0.2) is 27.4 Å². The molecule has 4 nitrogen and oxygen atoms in total. The number of rotatable bonds is 3. The number of halogens is 1. The third kappa shape index (κ3) is 2.03. The summed E-state index contributed by atoms with van der Waals surface area (Å²) in [6, 6.07) is 3.67. The van der Waals surface area contributed by atoms with E-state index in [9.17, 15) is 0 Å². The third-order valence-electron chi connectivity index (χ3n) is 2.40.